The van der Waals surface area contributed by atoms with Crippen LogP contribution in [0.2, 0.25) is 0 Å². The highest BCUT2D eigenvalue weighted by molar-refractivity contribution is 5.91. The Hall–Kier alpha value is -4.32. The molecule has 0 spiro atoms. The summed E-state index contributed by atoms with van der Waals surface area (Å²) >= 11 is 0. The summed E-state index contributed by atoms with van der Waals surface area (Å²) in [5.41, 5.74) is 4.74. The lowest BCUT2D eigenvalue weighted by molar-refractivity contribution is -0.143. The van der Waals surface area contributed by atoms with Crippen molar-refractivity contribution in [3.63, 3.8) is 0 Å². The van der Waals surface area contributed by atoms with Gasteiger partial charge in [0.2, 0.25) is 0 Å². The molecule has 1 aliphatic carbocycles. The number of amides is 4. The Morgan fingerprint density at radius 3 is 2.34 bits per heavy atom. The summed E-state index contributed by atoms with van der Waals surface area (Å²) in [4.78, 5) is 61.2. The van der Waals surface area contributed by atoms with E-state index in [-0.39, 0.29) is 24.4 Å². The highest BCUT2D eigenvalue weighted by atomic mass is 16.6. The first kappa shape index (κ1) is 34.1. The number of carbonyl (C=O) groups excluding carboxylic acids is 3. The molecule has 2 saturated heterocycles. The Balaban J connectivity index is 1.02. The summed E-state index contributed by atoms with van der Waals surface area (Å²) in [6.07, 6.45) is 8.25. The average Bonchev–Trinajstić information content (AvgIpc) is 3.31. The number of carbonyl (C=O) groups is 3. The molecule has 7 rings (SSSR count). The predicted molar refractivity (Wildman–Crippen MR) is 190 cm³/mol. The van der Waals surface area contributed by atoms with Gasteiger partial charge in [-0.25, -0.2) is 14.4 Å². The number of benzene rings is 2. The van der Waals surface area contributed by atoms with E-state index in [1.54, 1.807) is 18.0 Å². The molecule has 1 saturated carbocycles. The maximum absolute atomic E-state index is 14.2. The summed E-state index contributed by atoms with van der Waals surface area (Å²) in [5, 5.41) is 3.05. The van der Waals surface area contributed by atoms with Gasteiger partial charge in [0.15, 0.2) is 11.7 Å². The van der Waals surface area contributed by atoms with Crippen molar-refractivity contribution < 1.29 is 23.5 Å². The smallest absolute Gasteiger partial charge is 0.419 e. The van der Waals surface area contributed by atoms with E-state index in [4.69, 9.17) is 9.15 Å². The Kier molecular flexibility index (Phi) is 10.2. The van der Waals surface area contributed by atoms with Crippen LogP contribution in [0.1, 0.15) is 68.1 Å². The maximum Gasteiger partial charge on any atom is 0.419 e. The highest BCUT2D eigenvalue weighted by Gasteiger charge is 2.36. The van der Waals surface area contributed by atoms with E-state index in [0.29, 0.717) is 62.7 Å². The van der Waals surface area contributed by atoms with E-state index in [9.17, 15) is 19.2 Å². The first-order valence-electron chi connectivity index (χ1n) is 18.5. The molecular formula is C38H50N6O6. The Labute approximate surface area is 293 Å². The number of piperazine rings is 1. The fourth-order valence-corrected chi connectivity index (χ4v) is 8.52. The van der Waals surface area contributed by atoms with E-state index < -0.39 is 18.0 Å². The zero-order valence-corrected chi connectivity index (χ0v) is 29.4. The third-order valence-electron chi connectivity index (χ3n) is 11.3. The van der Waals surface area contributed by atoms with Crippen molar-refractivity contribution in [2.24, 2.45) is 7.05 Å². The topological polar surface area (TPSA) is 121 Å². The van der Waals surface area contributed by atoms with Gasteiger partial charge >= 0.3 is 17.9 Å². The van der Waals surface area contributed by atoms with Gasteiger partial charge in [-0.3, -0.25) is 14.3 Å². The van der Waals surface area contributed by atoms with Gasteiger partial charge in [-0.15, -0.1) is 0 Å². The largest absolute Gasteiger partial charge is 0.436 e. The second-order valence-corrected chi connectivity index (χ2v) is 14.5. The summed E-state index contributed by atoms with van der Waals surface area (Å²) in [6.45, 7) is 6.23. The van der Waals surface area contributed by atoms with Crippen LogP contribution in [0.4, 0.5) is 15.3 Å². The van der Waals surface area contributed by atoms with E-state index >= 15 is 0 Å². The van der Waals surface area contributed by atoms with E-state index in [2.05, 4.69) is 10.2 Å². The van der Waals surface area contributed by atoms with Gasteiger partial charge in [-0.05, 0) is 67.9 Å². The van der Waals surface area contributed by atoms with Crippen LogP contribution in [0.3, 0.4) is 0 Å². The van der Waals surface area contributed by atoms with Crippen LogP contribution in [-0.2, 0) is 29.4 Å². The number of para-hydroxylation sites is 1. The van der Waals surface area contributed by atoms with Gasteiger partial charge in [0, 0.05) is 77.1 Å². The minimum atomic E-state index is -1.02. The number of rotatable bonds is 6. The SMILES string of the molecule is Cc1cc(CC(OC(=O)N2CCC(N3CCc4ccccc4NC3=O)CC2)C(=O)N2CCN(C3CCCCCC3)CC2)cc2oc(=O)n(C)c12. The summed E-state index contributed by atoms with van der Waals surface area (Å²) in [6, 6.07) is 12.1. The third kappa shape index (κ3) is 7.26. The van der Waals surface area contributed by atoms with Crippen molar-refractivity contribution >= 4 is 34.8 Å². The number of ether oxygens (including phenoxy) is 1. The van der Waals surface area contributed by atoms with Gasteiger partial charge in [-0.1, -0.05) is 49.9 Å². The lowest BCUT2D eigenvalue weighted by Crippen LogP contribution is -2.55. The van der Waals surface area contributed by atoms with Crippen molar-refractivity contribution in [3.05, 3.63) is 63.6 Å². The summed E-state index contributed by atoms with van der Waals surface area (Å²) < 4.78 is 13.1. The van der Waals surface area contributed by atoms with E-state index in [1.807, 2.05) is 47.1 Å². The van der Waals surface area contributed by atoms with Gasteiger partial charge < -0.3 is 29.2 Å². The predicted octanol–water partition coefficient (Wildman–Crippen LogP) is 4.91. The molecule has 1 N–H and O–H groups in total. The molecule has 4 heterocycles. The molecule has 3 aromatic rings. The van der Waals surface area contributed by atoms with Crippen LogP contribution in [0.5, 0.6) is 0 Å². The molecule has 1 aromatic heterocycles. The van der Waals surface area contributed by atoms with Crippen molar-refractivity contribution in [1.29, 1.82) is 0 Å². The quantitative estimate of drug-likeness (QED) is 0.366. The minimum absolute atomic E-state index is 0.00535. The van der Waals surface area contributed by atoms with Crippen LogP contribution >= 0.6 is 0 Å². The highest BCUT2D eigenvalue weighted by Crippen LogP contribution is 2.27. The molecule has 4 amide bonds. The van der Waals surface area contributed by atoms with Gasteiger partial charge in [-0.2, -0.15) is 0 Å². The molecule has 12 nitrogen and oxygen atoms in total. The number of hydrogen-bond acceptors (Lipinski definition) is 7. The molecule has 4 aliphatic rings. The molecule has 12 heteroatoms. The van der Waals surface area contributed by atoms with Crippen molar-refractivity contribution in [2.45, 2.75) is 89.3 Å². The number of nitrogens with one attached hydrogen (secondary N) is 1. The number of piperidine rings is 1. The summed E-state index contributed by atoms with van der Waals surface area (Å²) in [5.74, 6) is -0.640. The number of likely N-dealkylation sites (tertiary alicyclic amines) is 1. The van der Waals surface area contributed by atoms with Crippen LogP contribution in [0.15, 0.2) is 45.6 Å². The zero-order valence-electron chi connectivity index (χ0n) is 29.4. The van der Waals surface area contributed by atoms with E-state index in [0.717, 1.165) is 41.9 Å². The number of oxazole rings is 1. The normalized spacial score (nSPS) is 20.6. The van der Waals surface area contributed by atoms with Crippen LogP contribution in [-0.4, -0.2) is 106 Å². The molecule has 3 aliphatic heterocycles. The first-order valence-corrected chi connectivity index (χ1v) is 18.5. The molecule has 0 radical (unpaired) electrons. The molecule has 268 valence electrons. The van der Waals surface area contributed by atoms with E-state index in [1.165, 1.54) is 43.1 Å². The van der Waals surface area contributed by atoms with Gasteiger partial charge in [0.25, 0.3) is 5.91 Å². The summed E-state index contributed by atoms with van der Waals surface area (Å²) in [7, 11) is 1.67. The fourth-order valence-electron chi connectivity index (χ4n) is 8.52. The standard InChI is InChI=1S/C38H50N6O6/c1-26-23-27(24-32-34(26)40(2)37(47)49-32)25-33(35(45)42-21-19-41(20-22-42)29-10-5-3-4-6-11-29)50-38(48)43-16-14-30(15-17-43)44-18-13-28-9-7-8-12-31(28)39-36(44)46/h7-9,12,23-24,29-30,33H,3-6,10-11,13-22,25H2,1-2H3,(H,39,46). The maximum atomic E-state index is 14.2. The number of aryl methyl sites for hydroxylation is 2. The average molecular weight is 687 g/mol. The second kappa shape index (κ2) is 14.9. The molecule has 50 heavy (non-hydrogen) atoms. The van der Waals surface area contributed by atoms with Gasteiger partial charge in [0.05, 0.1) is 5.52 Å². The Morgan fingerprint density at radius 2 is 1.60 bits per heavy atom. The first-order chi connectivity index (χ1) is 24.2. The number of urea groups is 1. The third-order valence-corrected chi connectivity index (χ3v) is 11.3. The molecule has 3 fully saturated rings. The number of anilines is 1. The molecular weight excluding hydrogens is 636 g/mol. The van der Waals surface area contributed by atoms with Gasteiger partial charge in [0.1, 0.15) is 0 Å². The molecule has 0 bridgehead atoms. The second-order valence-electron chi connectivity index (χ2n) is 14.5. The number of fused-ring (bicyclic) bond motifs is 2. The number of aromatic nitrogens is 1. The van der Waals surface area contributed by atoms with Crippen molar-refractivity contribution in [3.8, 4) is 0 Å². The molecule has 2 aromatic carbocycles. The lowest BCUT2D eigenvalue weighted by atomic mass is 10.0. The number of hydrogen-bond donors (Lipinski definition) is 1. The Morgan fingerprint density at radius 1 is 0.880 bits per heavy atom. The van der Waals surface area contributed by atoms with Crippen LogP contribution in [0.25, 0.3) is 11.1 Å². The zero-order chi connectivity index (χ0) is 34.8. The minimum Gasteiger partial charge on any atom is -0.436 e. The van der Waals surface area contributed by atoms with Crippen molar-refractivity contribution in [1.82, 2.24) is 24.2 Å². The van der Waals surface area contributed by atoms with Crippen LogP contribution < -0.4 is 11.1 Å². The van der Waals surface area contributed by atoms with Crippen LogP contribution in [0, 0.1) is 6.92 Å². The molecule has 1 atom stereocenters. The molecule has 1 unspecified atom stereocenters. The Bertz CT molecular complexity index is 1760. The lowest BCUT2D eigenvalue weighted by Gasteiger charge is -2.40. The van der Waals surface area contributed by atoms with Crippen molar-refractivity contribution in [2.75, 3.05) is 51.1 Å². The number of nitrogens with zero attached hydrogens (tertiary/aromatic N) is 5. The monoisotopic (exact) mass is 686 g/mol. The fraction of sp³-hybridized carbons (Fsp3) is 0.579.